The zero-order valence-corrected chi connectivity index (χ0v) is 26.0. The lowest BCUT2D eigenvalue weighted by Crippen LogP contribution is -2.50. The van der Waals surface area contributed by atoms with Crippen molar-refractivity contribution in [3.63, 3.8) is 0 Å². The molecule has 0 aliphatic rings. The SMILES string of the molecule is [2H]N(C)S(=O)(=O)c1c(OCC)ccc(C(C)[C@@](C)(CC)N(C)CC(C)Oc2c(OCC)ccc(C)c2C)c1C.[HH].[HH].[HH].[HH].[HH].[HH].[HH].[HH].[HH].[HH].[HH].[HH].[HH].[HH].[HH].[HH].[HH].[HH].[HH].[HH].[HH].[HH].[HH].[HH].[HH].[HH].[HH].[HH].[HH].[HH].[HH].[HH].[HH].[HH].[HH].[HH].[HH].[HH].[HH].[HH].[HH].[HH].[HH].[HH].[HH].[HH].[HH].[HH].[HH].[HH].[HH].[HH].[HH].[HH].[HH].[HH].[HH].[HH].[HH].[HH].[HH].[HH].[HH].[HH].[HH].[HH].[HH].[HH].[HH].[HH].[HH].[HH].[HH].[HH].[HH].[HH].[HH].[HH].[HH].[HH].[HH].[HH].[HH].[HH].[HH].[HH].[HH].[HH].[HH].[HH].[HH].[HH].[HH].[HH].[HH].[HH].[HH].[HH].[HH].[HH].[HH].[HH].[HH].[HH].[HH].[HH].[HH].[HH].[HH].[HH].[HH].[HH].[HH].[HH].[HH].[HH].[HH].[HH].[HH].[HH].[HH].[HH].[HH].[HH].[HH].[HH].[HH].[HH].[HH].[HH].[HH].[HH].[HH].[HH]. The molecule has 8 heteroatoms. The lowest BCUT2D eigenvalue weighted by molar-refractivity contribution is 0.0610. The van der Waals surface area contributed by atoms with Crippen molar-refractivity contribution in [3.05, 3.63) is 46.5 Å². The monoisotopic (exact) mass is 819 g/mol. The molecule has 7 nitrogen and oxygen atoms in total. The standard InChI is InChI=1S/C30H48N2O5S.134H2/c1-12-30(9,24(8)25-16-18-27(36-14-3)29(23(25)7)38(33,34)31-10)32(11)19-21(5)37-28-22(6)20(4)15-17-26(28)35-13-2;;;;;;;;;;;;;;;;;;;;;;;;;;;;;;;;;;;;;;;;;;;;;;;;;;;;;;;;;;;;;;;;;;;;;;;;;;;;;;;;;;;;;;;;;;;;;;;;;;;;;;;;;;;;;;;;;;;;;;;;;;;;;;;;;;;;;;/h15-18,21,24,31H,12-14,19H2,1-11H3;134*1H/t21?,24?,30-;;;;;;;;;;;;;;;;;;;;;;;;;;;;;;;;;;;;;;;;;;;;;;;;;;;;;;;;;;;;;;;;;;;;;;;;;;;;;;;;;;;;;;;;;;;;;;;;;;;;;;;;;;;;;;;;;;;;;;;;;;;;;;;;;;;;;;/m1....................................................................................................................................../s1/i/hD. The number of nitrogens with zero attached hydrogens (tertiary/aromatic N) is 1. The summed E-state index contributed by atoms with van der Waals surface area (Å²) in [4.78, 5) is 2.36. The van der Waals surface area contributed by atoms with Crippen molar-refractivity contribution in [1.29, 1.82) is 0 Å². The van der Waals surface area contributed by atoms with Crippen LogP contribution in [-0.2, 0) is 10.0 Å². The number of rotatable bonds is 14. The molecule has 482 valence electrons. The number of hydrogen-bond acceptors (Lipinski definition) is 6. The third-order valence-corrected chi connectivity index (χ3v) is 9.49. The number of hydrogen-bond donors (Lipinski definition) is 1. The fourth-order valence-corrected chi connectivity index (χ4v) is 6.16. The lowest BCUT2D eigenvalue weighted by Gasteiger charge is -2.45. The van der Waals surface area contributed by atoms with E-state index in [1.807, 2.05) is 39.0 Å². The molecule has 0 spiro atoms. The molecule has 0 saturated carbocycles. The maximum Gasteiger partial charge on any atom is 0.244 e. The molecular formula is C30H316N2O5S. The van der Waals surface area contributed by atoms with Gasteiger partial charge in [0.15, 0.2) is 11.5 Å². The van der Waals surface area contributed by atoms with E-state index >= 15 is 0 Å². The zero-order chi connectivity index (χ0) is 29.7. The summed E-state index contributed by atoms with van der Waals surface area (Å²) in [5.41, 5.74) is 3.43. The molecule has 0 amide bonds. The highest BCUT2D eigenvalue weighted by atomic mass is 32.2. The van der Waals surface area contributed by atoms with Crippen LogP contribution in [0.25, 0.3) is 0 Å². The van der Waals surface area contributed by atoms with E-state index in [0.717, 1.165) is 34.6 Å². The molecule has 0 aromatic heterocycles. The van der Waals surface area contributed by atoms with Gasteiger partial charge in [-0.2, -0.15) is 0 Å². The van der Waals surface area contributed by atoms with Gasteiger partial charge in [-0.1, -0.05) is 26.0 Å². The highest BCUT2D eigenvalue weighted by Gasteiger charge is 2.37. The number of aryl methyl sites for hydroxylation is 1. The van der Waals surface area contributed by atoms with Crippen LogP contribution < -0.4 is 18.9 Å². The van der Waals surface area contributed by atoms with Crippen LogP contribution in [0.1, 0.15) is 267 Å². The van der Waals surface area contributed by atoms with E-state index in [2.05, 4.69) is 53.5 Å². The smallest absolute Gasteiger partial charge is 0.244 e. The molecule has 2 aromatic carbocycles. The number of ether oxygens (including phenoxy) is 3. The predicted molar refractivity (Wildman–Crippen MR) is 439 cm³/mol. The van der Waals surface area contributed by atoms with Crippen LogP contribution in [-0.4, -0.2) is 58.8 Å². The number of likely N-dealkylation sites (N-methyl/N-ethyl adjacent to an activating group) is 1. The molecule has 0 bridgehead atoms. The van der Waals surface area contributed by atoms with Crippen LogP contribution in [0.15, 0.2) is 29.2 Å². The molecule has 0 aliphatic heterocycles. The summed E-state index contributed by atoms with van der Waals surface area (Å²) in [7, 11) is -0.720. The third-order valence-electron chi connectivity index (χ3n) is 7.99. The van der Waals surface area contributed by atoms with Gasteiger partial charge in [-0.3, -0.25) is 4.90 Å². The third kappa shape index (κ3) is 6.64. The van der Waals surface area contributed by atoms with Crippen molar-refractivity contribution < 1.29 is 215 Å². The van der Waals surface area contributed by atoms with Crippen molar-refractivity contribution >= 4 is 10.0 Å². The molecule has 0 radical (unpaired) electrons. The van der Waals surface area contributed by atoms with E-state index in [-0.39, 0.29) is 219 Å². The Bertz CT molecular complexity index is 1360. The Morgan fingerprint density at radius 2 is 1.61 bits per heavy atom. The Morgan fingerprint density at radius 3 is 2.16 bits per heavy atom. The summed E-state index contributed by atoms with van der Waals surface area (Å²) in [6, 6.07) is 7.69. The lowest BCUT2D eigenvalue weighted by atomic mass is 9.77. The summed E-state index contributed by atoms with van der Waals surface area (Å²) < 4.78 is 52.6. The van der Waals surface area contributed by atoms with Crippen LogP contribution in [0, 0.1) is 20.8 Å². The minimum absolute atomic E-state index is 0. The Balaban J connectivity index is -0.000000000911. The van der Waals surface area contributed by atoms with Crippen molar-refractivity contribution in [2.75, 3.05) is 33.9 Å². The first-order valence-electron chi connectivity index (χ1n) is 14.0. The Kier molecular flexibility index (Phi) is 10.5. The molecular weight excluding hydrogens is 500 g/mol. The van der Waals surface area contributed by atoms with E-state index in [1.54, 1.807) is 6.07 Å². The minimum atomic E-state index is -4.03. The van der Waals surface area contributed by atoms with E-state index in [4.69, 9.17) is 15.6 Å². The Morgan fingerprint density at radius 1 is 1.03 bits per heavy atom. The van der Waals surface area contributed by atoms with Gasteiger partial charge in [0.05, 0.1) is 13.2 Å². The van der Waals surface area contributed by atoms with E-state index < -0.39 is 10.0 Å². The minimum Gasteiger partial charge on any atom is -0.492 e. The van der Waals surface area contributed by atoms with Crippen LogP contribution >= 0.6 is 0 Å². The van der Waals surface area contributed by atoms with Crippen LogP contribution in [0.5, 0.6) is 17.2 Å². The Labute approximate surface area is 431 Å². The quantitative estimate of drug-likeness (QED) is 0.205. The van der Waals surface area contributed by atoms with Crippen LogP contribution in [0.3, 0.4) is 0 Å². The van der Waals surface area contributed by atoms with Crippen molar-refractivity contribution in [2.45, 2.75) is 91.2 Å². The molecule has 3 atom stereocenters. The normalized spacial score (nSPS) is 15.7. The maximum atomic E-state index is 13.1. The average Bonchev–Trinajstić information content (AvgIpc) is 2.87. The van der Waals surface area contributed by atoms with Gasteiger partial charge in [-0.05, 0) is 109 Å². The zero-order valence-electron chi connectivity index (χ0n) is 26.1. The topological polar surface area (TPSA) is 77.1 Å². The van der Waals surface area contributed by atoms with Gasteiger partial charge in [0.2, 0.25) is 10.0 Å². The van der Waals surface area contributed by atoms with Crippen LogP contribution in [0.2, 0.25) is 1.41 Å². The summed E-state index contributed by atoms with van der Waals surface area (Å²) in [6.07, 6.45) is 0.708. The van der Waals surface area contributed by atoms with Crippen molar-refractivity contribution in [2.24, 2.45) is 0 Å². The predicted octanol–water partition coefficient (Wildman–Crippen LogP) is 39.0. The molecule has 2 aromatic rings. The van der Waals surface area contributed by atoms with Crippen LogP contribution in [0.4, 0.5) is 0 Å². The molecule has 0 saturated heterocycles. The highest BCUT2D eigenvalue weighted by Crippen LogP contribution is 2.41. The van der Waals surface area contributed by atoms with Gasteiger partial charge in [0.25, 0.3) is 0 Å². The summed E-state index contributed by atoms with van der Waals surface area (Å²) in [5, 5.41) is 0. The first-order chi connectivity index (χ1) is 18.2. The number of sulfonamides is 1. The maximum absolute atomic E-state index is 13.1. The van der Waals surface area contributed by atoms with Gasteiger partial charge in [-0.25, -0.2) is 13.1 Å². The largest absolute Gasteiger partial charge is 0.492 e. The summed E-state index contributed by atoms with van der Waals surface area (Å²) in [6.45, 7) is 19.8. The molecule has 2 rings (SSSR count). The number of benzene rings is 2. The molecule has 2 unspecified atom stereocenters. The summed E-state index contributed by atoms with van der Waals surface area (Å²) in [5.74, 6) is 1.78. The molecule has 0 heterocycles. The first kappa shape index (κ1) is 30.3. The van der Waals surface area contributed by atoms with Gasteiger partial charge in [0, 0.05) is 203 Å². The second kappa shape index (κ2) is 13.2. The average molecular weight is 820 g/mol. The molecule has 38 heavy (non-hydrogen) atoms. The number of nitrogens with one attached hydrogen (secondary N) is 1. The van der Waals surface area contributed by atoms with E-state index in [0.29, 0.717) is 30.0 Å². The van der Waals surface area contributed by atoms with Gasteiger partial charge in [-0.15, -0.1) is 0 Å². The van der Waals surface area contributed by atoms with Gasteiger partial charge >= 0.3 is 0 Å². The molecule has 0 aliphatic carbocycles. The van der Waals surface area contributed by atoms with Crippen molar-refractivity contribution in [3.8, 4) is 17.2 Å². The second-order valence-electron chi connectivity index (χ2n) is 10.2. The molecule has 0 fully saturated rings. The van der Waals surface area contributed by atoms with E-state index in [9.17, 15) is 8.42 Å². The van der Waals surface area contributed by atoms with Crippen molar-refractivity contribution in [1.82, 2.24) is 9.62 Å². The highest BCUT2D eigenvalue weighted by molar-refractivity contribution is 7.89. The van der Waals surface area contributed by atoms with E-state index in [1.165, 1.54) is 7.05 Å². The second-order valence-corrected chi connectivity index (χ2v) is 11.9. The first-order valence-corrected chi connectivity index (χ1v) is 15.0. The van der Waals surface area contributed by atoms with Gasteiger partial charge < -0.3 is 14.2 Å². The van der Waals surface area contributed by atoms with Gasteiger partial charge in [0.1, 0.15) is 18.2 Å². The Hall–Kier alpha value is -2.29. The molecule has 1 N–H and O–H groups in total. The fourth-order valence-electron chi connectivity index (χ4n) is 5.09. The summed E-state index contributed by atoms with van der Waals surface area (Å²) >= 11 is 0. The fraction of sp³-hybridized carbons (Fsp3) is 0.600.